The van der Waals surface area contributed by atoms with E-state index in [1.807, 2.05) is 24.3 Å². The van der Waals surface area contributed by atoms with Gasteiger partial charge in [-0.3, -0.25) is 4.98 Å². The van der Waals surface area contributed by atoms with Crippen LogP contribution in [-0.2, 0) is 6.54 Å². The lowest BCUT2D eigenvalue weighted by Crippen LogP contribution is -2.17. The Kier molecular flexibility index (Phi) is 4.99. The van der Waals surface area contributed by atoms with Gasteiger partial charge in [0.25, 0.3) is 0 Å². The number of fused-ring (bicyclic) bond motifs is 1. The summed E-state index contributed by atoms with van der Waals surface area (Å²) in [5, 5.41) is 12.1. The number of rotatable bonds is 5. The lowest BCUT2D eigenvalue weighted by atomic mass is 10.0. The van der Waals surface area contributed by atoms with E-state index in [0.717, 1.165) is 16.5 Å². The Morgan fingerprint density at radius 1 is 1.07 bits per heavy atom. The van der Waals surface area contributed by atoms with Crippen LogP contribution in [-0.4, -0.2) is 28.1 Å². The minimum Gasteiger partial charge on any atom is -0.496 e. The van der Waals surface area contributed by atoms with Crippen LogP contribution in [0.3, 0.4) is 0 Å². The van der Waals surface area contributed by atoms with Crippen LogP contribution < -0.4 is 9.47 Å². The Labute approximate surface area is 169 Å². The Bertz CT molecular complexity index is 1170. The van der Waals surface area contributed by atoms with Crippen LogP contribution in [0.4, 0.5) is 13.2 Å². The molecule has 5 nitrogen and oxygen atoms in total. The van der Waals surface area contributed by atoms with Crippen LogP contribution in [0, 0.1) is 0 Å². The minimum absolute atomic E-state index is 0.00945. The molecule has 0 spiro atoms. The van der Waals surface area contributed by atoms with Gasteiger partial charge in [-0.1, -0.05) is 18.2 Å². The van der Waals surface area contributed by atoms with Gasteiger partial charge < -0.3 is 19.1 Å². The maximum atomic E-state index is 12.3. The van der Waals surface area contributed by atoms with Gasteiger partial charge in [-0.15, -0.1) is 13.2 Å². The smallest absolute Gasteiger partial charge is 0.496 e. The second-order valence-corrected chi connectivity index (χ2v) is 6.66. The highest BCUT2D eigenvalue weighted by Crippen LogP contribution is 2.39. The molecule has 0 unspecified atom stereocenters. The first-order valence-corrected chi connectivity index (χ1v) is 8.99. The van der Waals surface area contributed by atoms with E-state index in [4.69, 9.17) is 4.74 Å². The number of pyridine rings is 1. The molecule has 2 aromatic carbocycles. The summed E-state index contributed by atoms with van der Waals surface area (Å²) in [5.41, 5.74) is 2.50. The lowest BCUT2D eigenvalue weighted by molar-refractivity contribution is -0.274. The van der Waals surface area contributed by atoms with Gasteiger partial charge in [0.2, 0.25) is 5.88 Å². The van der Waals surface area contributed by atoms with Crippen LogP contribution in [0.5, 0.6) is 17.4 Å². The molecule has 0 aliphatic rings. The van der Waals surface area contributed by atoms with Crippen molar-refractivity contribution in [3.8, 4) is 28.5 Å². The highest BCUT2D eigenvalue weighted by molar-refractivity contribution is 5.97. The number of methoxy groups -OCH3 is 1. The van der Waals surface area contributed by atoms with Crippen molar-refractivity contribution in [2.45, 2.75) is 12.9 Å². The first kappa shape index (κ1) is 19.6. The summed E-state index contributed by atoms with van der Waals surface area (Å²) in [6.07, 6.45) is 0.461. The second-order valence-electron chi connectivity index (χ2n) is 6.66. The number of hydrogen-bond acceptors (Lipinski definition) is 4. The summed E-state index contributed by atoms with van der Waals surface area (Å²) in [7, 11) is 1.53. The molecule has 0 aliphatic heterocycles. The molecule has 4 aromatic rings. The maximum absolute atomic E-state index is 12.3. The molecule has 30 heavy (non-hydrogen) atoms. The van der Waals surface area contributed by atoms with Crippen LogP contribution in [0.1, 0.15) is 5.56 Å². The maximum Gasteiger partial charge on any atom is 0.573 e. The van der Waals surface area contributed by atoms with Gasteiger partial charge in [-0.2, -0.15) is 0 Å². The Morgan fingerprint density at radius 2 is 1.83 bits per heavy atom. The first-order chi connectivity index (χ1) is 14.3. The van der Waals surface area contributed by atoms with E-state index >= 15 is 0 Å². The molecule has 8 heteroatoms. The van der Waals surface area contributed by atoms with E-state index in [1.54, 1.807) is 23.2 Å². The molecule has 4 rings (SSSR count). The standard InChI is InChI=1S/C22H17F3N2O3/c1-29-19-10-16(15-3-2-8-26-11-15)9-17-13-27(21(28)20(17)19)12-14-4-6-18(7-5-14)30-22(23,24)25/h2-11,13,28H,12H2,1H3. The van der Waals surface area contributed by atoms with Crippen molar-refractivity contribution in [2.75, 3.05) is 7.11 Å². The van der Waals surface area contributed by atoms with Gasteiger partial charge in [-0.25, -0.2) is 0 Å². The van der Waals surface area contributed by atoms with Gasteiger partial charge >= 0.3 is 6.36 Å². The van der Waals surface area contributed by atoms with Gasteiger partial charge in [0.05, 0.1) is 19.0 Å². The van der Waals surface area contributed by atoms with Gasteiger partial charge in [0.15, 0.2) is 0 Å². The van der Waals surface area contributed by atoms with E-state index in [1.165, 1.54) is 31.4 Å². The van der Waals surface area contributed by atoms with Crippen molar-refractivity contribution in [1.29, 1.82) is 0 Å². The average Bonchev–Trinajstić information content (AvgIpc) is 3.04. The molecule has 0 amide bonds. The predicted molar refractivity (Wildman–Crippen MR) is 106 cm³/mol. The van der Waals surface area contributed by atoms with E-state index in [-0.39, 0.29) is 18.2 Å². The molecule has 0 saturated heterocycles. The number of ether oxygens (including phenoxy) is 2. The average molecular weight is 414 g/mol. The fourth-order valence-corrected chi connectivity index (χ4v) is 3.33. The fourth-order valence-electron chi connectivity index (χ4n) is 3.33. The third-order valence-electron chi connectivity index (χ3n) is 4.65. The first-order valence-electron chi connectivity index (χ1n) is 8.99. The van der Waals surface area contributed by atoms with Gasteiger partial charge in [0, 0.05) is 29.5 Å². The quantitative estimate of drug-likeness (QED) is 0.477. The van der Waals surface area contributed by atoms with Crippen LogP contribution in [0.15, 0.2) is 67.1 Å². The van der Waals surface area contributed by atoms with E-state index in [2.05, 4.69) is 9.72 Å². The van der Waals surface area contributed by atoms with Crippen LogP contribution >= 0.6 is 0 Å². The third-order valence-corrected chi connectivity index (χ3v) is 4.65. The molecular weight excluding hydrogens is 397 g/mol. The van der Waals surface area contributed by atoms with Gasteiger partial charge in [0.1, 0.15) is 11.5 Å². The number of benzene rings is 2. The molecule has 0 atom stereocenters. The zero-order valence-corrected chi connectivity index (χ0v) is 15.8. The summed E-state index contributed by atoms with van der Waals surface area (Å²) in [4.78, 5) is 4.13. The van der Waals surface area contributed by atoms with E-state index < -0.39 is 6.36 Å². The molecule has 0 bridgehead atoms. The molecule has 2 heterocycles. The number of nitrogens with zero attached hydrogens (tertiary/aromatic N) is 2. The van der Waals surface area contributed by atoms with Crippen LogP contribution in [0.25, 0.3) is 21.9 Å². The van der Waals surface area contributed by atoms with Gasteiger partial charge in [-0.05, 0) is 41.5 Å². The van der Waals surface area contributed by atoms with E-state index in [0.29, 0.717) is 16.7 Å². The summed E-state index contributed by atoms with van der Waals surface area (Å²) in [6.45, 7) is 0.262. The topological polar surface area (TPSA) is 56.5 Å². The monoisotopic (exact) mass is 414 g/mol. The molecule has 0 fully saturated rings. The molecular formula is C22H17F3N2O3. The van der Waals surface area contributed by atoms with Crippen molar-refractivity contribution in [2.24, 2.45) is 0 Å². The molecule has 0 saturated carbocycles. The highest BCUT2D eigenvalue weighted by atomic mass is 19.4. The minimum atomic E-state index is -4.74. The summed E-state index contributed by atoms with van der Waals surface area (Å²) >= 11 is 0. The van der Waals surface area contributed by atoms with Crippen molar-refractivity contribution < 1.29 is 27.8 Å². The zero-order chi connectivity index (χ0) is 21.3. The molecule has 1 N–H and O–H groups in total. The molecule has 0 radical (unpaired) electrons. The highest BCUT2D eigenvalue weighted by Gasteiger charge is 2.31. The Balaban J connectivity index is 1.67. The largest absolute Gasteiger partial charge is 0.573 e. The van der Waals surface area contributed by atoms with Crippen molar-refractivity contribution >= 4 is 10.8 Å². The van der Waals surface area contributed by atoms with Crippen molar-refractivity contribution in [1.82, 2.24) is 9.55 Å². The molecule has 154 valence electrons. The second kappa shape index (κ2) is 7.62. The summed E-state index contributed by atoms with van der Waals surface area (Å²) < 4.78 is 47.9. The SMILES string of the molecule is COc1cc(-c2cccnc2)cc2cn(Cc3ccc(OC(F)(F)F)cc3)c(O)c12. The Morgan fingerprint density at radius 3 is 2.47 bits per heavy atom. The number of aromatic nitrogens is 2. The summed E-state index contributed by atoms with van der Waals surface area (Å²) in [5.74, 6) is 0.225. The third kappa shape index (κ3) is 4.03. The summed E-state index contributed by atoms with van der Waals surface area (Å²) in [6, 6.07) is 13.0. The lowest BCUT2D eigenvalue weighted by Gasteiger charge is -2.10. The van der Waals surface area contributed by atoms with Crippen molar-refractivity contribution in [3.05, 3.63) is 72.7 Å². The predicted octanol–water partition coefficient (Wildman–Crippen LogP) is 5.36. The normalized spacial score (nSPS) is 11.6. The molecule has 0 aliphatic carbocycles. The molecule has 2 aromatic heterocycles. The van der Waals surface area contributed by atoms with Crippen LogP contribution in [0.2, 0.25) is 0 Å². The number of halogens is 3. The fraction of sp³-hybridized carbons (Fsp3) is 0.136. The van der Waals surface area contributed by atoms with E-state index in [9.17, 15) is 18.3 Å². The number of alkyl halides is 3. The zero-order valence-electron chi connectivity index (χ0n) is 15.8. The Hall–Kier alpha value is -3.68. The number of hydrogen-bond donors (Lipinski definition) is 1. The number of aromatic hydroxyl groups is 1. The van der Waals surface area contributed by atoms with Crippen molar-refractivity contribution in [3.63, 3.8) is 0 Å².